The van der Waals surface area contributed by atoms with Crippen molar-refractivity contribution in [3.05, 3.63) is 75.7 Å². The molecule has 1 amide bonds. The average molecular weight is 484 g/mol. The lowest BCUT2D eigenvalue weighted by Crippen LogP contribution is -2.31. The summed E-state index contributed by atoms with van der Waals surface area (Å²) in [6.45, 7) is 2.56. The molecule has 4 rings (SSSR count). The largest absolute Gasteiger partial charge is 0.505 e. The number of carbonyl (C=O) groups excluding carboxylic acids is 2. The molecule has 1 unspecified atom stereocenters. The summed E-state index contributed by atoms with van der Waals surface area (Å²) in [6, 6.07) is 12.2. The minimum atomic E-state index is -0.706. The number of methoxy groups -OCH3 is 1. The number of aryl methyl sites for hydroxylation is 1. The van der Waals surface area contributed by atoms with Crippen LogP contribution in [0.5, 0.6) is 0 Å². The molecule has 3 aromatic rings. The van der Waals surface area contributed by atoms with Gasteiger partial charge in [0.1, 0.15) is 11.3 Å². The first-order valence-corrected chi connectivity index (χ1v) is 10.7. The molecule has 0 saturated carbocycles. The van der Waals surface area contributed by atoms with Crippen molar-refractivity contribution in [1.29, 1.82) is 0 Å². The van der Waals surface area contributed by atoms with Crippen molar-refractivity contribution in [3.63, 3.8) is 0 Å². The number of aliphatic hydroxyl groups excluding tert-OH is 1. The molecule has 1 aliphatic rings. The first-order chi connectivity index (χ1) is 14.9. The number of hydrogen-bond acceptors (Lipinski definition) is 5. The van der Waals surface area contributed by atoms with Gasteiger partial charge in [-0.2, -0.15) is 0 Å². The maximum atomic E-state index is 13.1. The molecule has 31 heavy (non-hydrogen) atoms. The summed E-state index contributed by atoms with van der Waals surface area (Å²) in [6.07, 6.45) is 2.34. The van der Waals surface area contributed by atoms with Crippen LogP contribution in [0.2, 0.25) is 0 Å². The highest BCUT2D eigenvalue weighted by atomic mass is 79.9. The third-order valence-corrected chi connectivity index (χ3v) is 5.87. The number of ketones is 1. The number of carbonyl (C=O) groups is 2. The molecule has 2 aromatic heterocycles. The number of amides is 1. The highest BCUT2D eigenvalue weighted by Crippen LogP contribution is 2.40. The molecule has 160 valence electrons. The number of hydrogen-bond donors (Lipinski definition) is 1. The second-order valence-electron chi connectivity index (χ2n) is 7.37. The fourth-order valence-electron chi connectivity index (χ4n) is 4.04. The van der Waals surface area contributed by atoms with E-state index in [4.69, 9.17) is 4.74 Å². The second kappa shape index (κ2) is 8.64. The van der Waals surface area contributed by atoms with Crippen LogP contribution >= 0.6 is 15.9 Å². The molecule has 0 radical (unpaired) electrons. The number of fused-ring (bicyclic) bond motifs is 1. The molecule has 8 heteroatoms. The number of ether oxygens (including phenoxy) is 1. The Morgan fingerprint density at radius 2 is 2.03 bits per heavy atom. The number of pyridine rings is 1. The molecule has 1 aromatic carbocycles. The van der Waals surface area contributed by atoms with Gasteiger partial charge >= 0.3 is 0 Å². The van der Waals surface area contributed by atoms with Gasteiger partial charge < -0.3 is 14.7 Å². The molecule has 7 nitrogen and oxygen atoms in total. The minimum Gasteiger partial charge on any atom is -0.505 e. The van der Waals surface area contributed by atoms with Gasteiger partial charge in [0.15, 0.2) is 5.76 Å². The maximum Gasteiger partial charge on any atom is 0.295 e. The van der Waals surface area contributed by atoms with E-state index in [9.17, 15) is 14.7 Å². The van der Waals surface area contributed by atoms with Crippen molar-refractivity contribution < 1.29 is 19.4 Å². The van der Waals surface area contributed by atoms with Crippen LogP contribution in [0.4, 0.5) is 0 Å². The average Bonchev–Trinajstić information content (AvgIpc) is 3.22. The van der Waals surface area contributed by atoms with Crippen LogP contribution in [0.15, 0.2) is 58.7 Å². The van der Waals surface area contributed by atoms with Gasteiger partial charge in [-0.15, -0.1) is 0 Å². The predicted molar refractivity (Wildman–Crippen MR) is 120 cm³/mol. The van der Waals surface area contributed by atoms with Crippen LogP contribution in [-0.2, 0) is 14.3 Å². The number of aliphatic hydroxyl groups is 1. The maximum absolute atomic E-state index is 13.1. The van der Waals surface area contributed by atoms with Gasteiger partial charge in [-0.25, -0.2) is 4.98 Å². The van der Waals surface area contributed by atoms with Gasteiger partial charge in [0, 0.05) is 30.9 Å². The van der Waals surface area contributed by atoms with E-state index in [-0.39, 0.29) is 11.3 Å². The Balaban J connectivity index is 1.91. The molecular weight excluding hydrogens is 462 g/mol. The lowest BCUT2D eigenvalue weighted by molar-refractivity contribution is -0.140. The fourth-order valence-corrected chi connectivity index (χ4v) is 4.46. The first-order valence-electron chi connectivity index (χ1n) is 9.91. The van der Waals surface area contributed by atoms with Gasteiger partial charge in [-0.1, -0.05) is 34.1 Å². The number of nitrogens with zero attached hydrogens (tertiary/aromatic N) is 3. The monoisotopic (exact) mass is 483 g/mol. The summed E-state index contributed by atoms with van der Waals surface area (Å²) < 4.78 is 7.66. The van der Waals surface area contributed by atoms with E-state index in [2.05, 4.69) is 20.9 Å². The van der Waals surface area contributed by atoms with Gasteiger partial charge in [0.2, 0.25) is 0 Å². The molecule has 0 spiro atoms. The smallest absolute Gasteiger partial charge is 0.295 e. The highest BCUT2D eigenvalue weighted by molar-refractivity contribution is 9.10. The molecule has 1 atom stereocenters. The van der Waals surface area contributed by atoms with E-state index in [0.717, 1.165) is 10.0 Å². The molecule has 0 aliphatic carbocycles. The van der Waals surface area contributed by atoms with Crippen molar-refractivity contribution in [1.82, 2.24) is 14.3 Å². The Morgan fingerprint density at radius 1 is 1.23 bits per heavy atom. The summed E-state index contributed by atoms with van der Waals surface area (Å²) in [5.41, 5.74) is 2.43. The van der Waals surface area contributed by atoms with Gasteiger partial charge in [-0.3, -0.25) is 14.0 Å². The number of benzene rings is 1. The summed E-state index contributed by atoms with van der Waals surface area (Å²) in [4.78, 5) is 32.1. The lowest BCUT2D eigenvalue weighted by atomic mass is 9.96. The third kappa shape index (κ3) is 3.77. The number of likely N-dealkylation sites (tertiary alicyclic amines) is 1. The zero-order valence-electron chi connectivity index (χ0n) is 17.2. The van der Waals surface area contributed by atoms with Gasteiger partial charge in [-0.05, 0) is 43.2 Å². The Hall–Kier alpha value is -2.97. The zero-order valence-corrected chi connectivity index (χ0v) is 18.8. The van der Waals surface area contributed by atoms with E-state index in [1.165, 1.54) is 4.90 Å². The summed E-state index contributed by atoms with van der Waals surface area (Å²) in [7, 11) is 1.59. The highest BCUT2D eigenvalue weighted by Gasteiger charge is 2.46. The molecule has 3 heterocycles. The summed E-state index contributed by atoms with van der Waals surface area (Å²) in [5.74, 6) is -1.56. The Labute approximate surface area is 188 Å². The quantitative estimate of drug-likeness (QED) is 0.249. The van der Waals surface area contributed by atoms with Crippen LogP contribution in [0, 0.1) is 6.92 Å². The third-order valence-electron chi connectivity index (χ3n) is 5.38. The summed E-state index contributed by atoms with van der Waals surface area (Å²) >= 11 is 3.46. The number of aromatic nitrogens is 2. The predicted octanol–water partition coefficient (Wildman–Crippen LogP) is 3.86. The van der Waals surface area contributed by atoms with E-state index >= 15 is 0 Å². The SMILES string of the molecule is COCCCN1C(=O)C(=O)C(=C(O)c2c(C)nc3ccccn23)C1c1cccc(Br)c1. The standard InChI is InChI=1S/C23H22BrN3O4/c1-14-19(26-10-4-3-9-17(26)25-14)21(28)18-20(15-7-5-8-16(24)13-15)27(11-6-12-31-2)23(30)22(18)29/h3-5,7-10,13,20,28H,6,11-12H2,1-2H3. The lowest BCUT2D eigenvalue weighted by Gasteiger charge is -2.25. The topological polar surface area (TPSA) is 84.1 Å². The van der Waals surface area contributed by atoms with Crippen molar-refractivity contribution in [2.45, 2.75) is 19.4 Å². The number of halogens is 1. The summed E-state index contributed by atoms with van der Waals surface area (Å²) in [5, 5.41) is 11.3. The Morgan fingerprint density at radius 3 is 2.77 bits per heavy atom. The second-order valence-corrected chi connectivity index (χ2v) is 8.28. The zero-order chi connectivity index (χ0) is 22.1. The fraction of sp³-hybridized carbons (Fsp3) is 0.261. The van der Waals surface area contributed by atoms with Crippen LogP contribution in [0.1, 0.15) is 29.4 Å². The van der Waals surface area contributed by atoms with E-state index in [1.807, 2.05) is 42.5 Å². The van der Waals surface area contributed by atoms with E-state index in [1.54, 1.807) is 24.6 Å². The van der Waals surface area contributed by atoms with Crippen molar-refractivity contribution >= 4 is 39.0 Å². The minimum absolute atomic E-state index is 0.0641. The molecule has 1 saturated heterocycles. The molecule has 1 aliphatic heterocycles. The van der Waals surface area contributed by atoms with Crippen LogP contribution in [0.25, 0.3) is 11.4 Å². The molecule has 1 N–H and O–H groups in total. The van der Waals surface area contributed by atoms with Crippen LogP contribution in [0.3, 0.4) is 0 Å². The van der Waals surface area contributed by atoms with Crippen molar-refractivity contribution in [3.8, 4) is 0 Å². The van der Waals surface area contributed by atoms with Gasteiger partial charge in [0.05, 0.1) is 17.3 Å². The number of imidazole rings is 1. The number of Topliss-reactive ketones (excluding diaryl/α,β-unsaturated/α-hetero) is 1. The Bertz CT molecular complexity index is 1200. The molecule has 1 fully saturated rings. The van der Waals surface area contributed by atoms with Crippen LogP contribution < -0.4 is 0 Å². The number of rotatable bonds is 6. The molecule has 0 bridgehead atoms. The molecular formula is C23H22BrN3O4. The van der Waals surface area contributed by atoms with Crippen molar-refractivity contribution in [2.75, 3.05) is 20.3 Å². The van der Waals surface area contributed by atoms with Crippen molar-refractivity contribution in [2.24, 2.45) is 0 Å². The van der Waals surface area contributed by atoms with Gasteiger partial charge in [0.25, 0.3) is 11.7 Å². The normalized spacial score (nSPS) is 18.3. The Kier molecular flexibility index (Phi) is 5.93. The van der Waals surface area contributed by atoms with Crippen LogP contribution in [-0.4, -0.2) is 51.3 Å². The first kappa shape index (κ1) is 21.3. The van der Waals surface area contributed by atoms with E-state index in [0.29, 0.717) is 36.6 Å². The van der Waals surface area contributed by atoms with E-state index < -0.39 is 17.7 Å².